The van der Waals surface area contributed by atoms with Gasteiger partial charge in [-0.2, -0.15) is 0 Å². The summed E-state index contributed by atoms with van der Waals surface area (Å²) in [6, 6.07) is 10.5. The summed E-state index contributed by atoms with van der Waals surface area (Å²) in [5, 5.41) is 0. The van der Waals surface area contributed by atoms with Crippen LogP contribution in [-0.4, -0.2) is 8.32 Å². The Hall–Kier alpha value is -1.02. The molecule has 0 amide bonds. The molecule has 0 N–H and O–H groups in total. The highest BCUT2D eigenvalue weighted by Crippen LogP contribution is 2.44. The van der Waals surface area contributed by atoms with Crippen molar-refractivity contribution in [3.63, 3.8) is 0 Å². The van der Waals surface area contributed by atoms with Gasteiger partial charge in [0.1, 0.15) is 5.76 Å². The molecule has 2 heteroatoms. The Labute approximate surface area is 126 Å². The van der Waals surface area contributed by atoms with Crippen molar-refractivity contribution in [2.75, 3.05) is 0 Å². The molecule has 20 heavy (non-hydrogen) atoms. The molecule has 0 aliphatic rings. The molecule has 1 rings (SSSR count). The Bertz CT molecular complexity index is 410. The molecule has 1 aromatic carbocycles. The lowest BCUT2D eigenvalue weighted by Crippen LogP contribution is -2.47. The summed E-state index contributed by atoms with van der Waals surface area (Å²) < 4.78 is 6.76. The predicted octanol–water partition coefficient (Wildman–Crippen LogP) is 6.24. The zero-order valence-electron chi connectivity index (χ0n) is 14.1. The lowest BCUT2D eigenvalue weighted by Gasteiger charge is -2.43. The normalized spacial score (nSPS) is 13.4. The van der Waals surface area contributed by atoms with Crippen molar-refractivity contribution < 1.29 is 4.43 Å². The van der Waals surface area contributed by atoms with E-state index in [0.717, 1.165) is 5.76 Å². The van der Waals surface area contributed by atoms with E-state index in [1.165, 1.54) is 5.56 Å². The Kier molecular flexibility index (Phi) is 6.06. The summed E-state index contributed by atoms with van der Waals surface area (Å²) in [6.07, 6.45) is 2.12. The molecular formula is C18H30OSi. The van der Waals surface area contributed by atoms with Crippen LogP contribution in [0.3, 0.4) is 0 Å². The van der Waals surface area contributed by atoms with E-state index in [1.807, 2.05) is 0 Å². The molecular weight excluding hydrogens is 260 g/mol. The van der Waals surface area contributed by atoms with Crippen LogP contribution in [0.25, 0.3) is 5.76 Å². The lowest BCUT2D eigenvalue weighted by molar-refractivity contribution is 0.444. The van der Waals surface area contributed by atoms with Gasteiger partial charge in [-0.15, -0.1) is 0 Å². The quantitative estimate of drug-likeness (QED) is 0.445. The second kappa shape index (κ2) is 7.12. The van der Waals surface area contributed by atoms with E-state index in [4.69, 9.17) is 4.43 Å². The van der Waals surface area contributed by atoms with E-state index in [1.54, 1.807) is 0 Å². The van der Waals surface area contributed by atoms with Gasteiger partial charge in [0.15, 0.2) is 0 Å². The molecule has 0 aromatic heterocycles. The van der Waals surface area contributed by atoms with Crippen molar-refractivity contribution in [1.82, 2.24) is 0 Å². The minimum absolute atomic E-state index is 0.598. The van der Waals surface area contributed by atoms with Crippen molar-refractivity contribution in [1.29, 1.82) is 0 Å². The van der Waals surface area contributed by atoms with Gasteiger partial charge in [-0.1, -0.05) is 71.9 Å². The first-order chi connectivity index (χ1) is 9.36. The van der Waals surface area contributed by atoms with Crippen molar-refractivity contribution in [3.05, 3.63) is 42.0 Å². The molecule has 1 nitrogen and oxygen atoms in total. The topological polar surface area (TPSA) is 9.23 Å². The summed E-state index contributed by atoms with van der Waals surface area (Å²) in [4.78, 5) is 0. The van der Waals surface area contributed by atoms with Gasteiger partial charge in [0, 0.05) is 5.56 Å². The molecule has 0 fully saturated rings. The van der Waals surface area contributed by atoms with Gasteiger partial charge in [-0.25, -0.2) is 0 Å². The molecule has 0 unspecified atom stereocenters. The lowest BCUT2D eigenvalue weighted by atomic mass is 10.2. The number of rotatable bonds is 6. The molecule has 0 spiro atoms. The van der Waals surface area contributed by atoms with Crippen molar-refractivity contribution >= 4 is 14.1 Å². The zero-order valence-corrected chi connectivity index (χ0v) is 15.1. The van der Waals surface area contributed by atoms with Crippen LogP contribution in [0.1, 0.15) is 54.0 Å². The molecule has 112 valence electrons. The van der Waals surface area contributed by atoms with E-state index in [9.17, 15) is 0 Å². The number of hydrogen-bond acceptors (Lipinski definition) is 1. The van der Waals surface area contributed by atoms with Gasteiger partial charge in [-0.05, 0) is 29.6 Å². The highest BCUT2D eigenvalue weighted by molar-refractivity contribution is 6.78. The number of benzene rings is 1. The Balaban J connectivity index is 3.18. The SMILES string of the molecule is C/C=C(\O[Si](C(C)C)(C(C)C)C(C)C)c1ccccc1. The summed E-state index contributed by atoms with van der Waals surface area (Å²) in [7, 11) is -1.86. The van der Waals surface area contributed by atoms with Crippen molar-refractivity contribution in [2.45, 2.75) is 65.1 Å². The Morgan fingerprint density at radius 3 is 1.70 bits per heavy atom. The van der Waals surface area contributed by atoms with E-state index in [-0.39, 0.29) is 0 Å². The first kappa shape index (κ1) is 17.0. The molecule has 0 saturated carbocycles. The third-order valence-electron chi connectivity index (χ3n) is 4.31. The summed E-state index contributed by atoms with van der Waals surface area (Å²) in [5.41, 5.74) is 2.98. The number of allylic oxidation sites excluding steroid dienone is 1. The maximum Gasteiger partial charge on any atom is 0.258 e. The maximum absolute atomic E-state index is 6.76. The smallest absolute Gasteiger partial charge is 0.258 e. The van der Waals surface area contributed by atoms with E-state index in [0.29, 0.717) is 16.6 Å². The third kappa shape index (κ3) is 3.35. The molecule has 0 heterocycles. The first-order valence-electron chi connectivity index (χ1n) is 7.77. The first-order valence-corrected chi connectivity index (χ1v) is 9.91. The van der Waals surface area contributed by atoms with Gasteiger partial charge in [0.05, 0.1) is 0 Å². The largest absolute Gasteiger partial charge is 0.543 e. The molecule has 0 aliphatic heterocycles. The van der Waals surface area contributed by atoms with Crippen LogP contribution < -0.4 is 0 Å². The maximum atomic E-state index is 6.76. The predicted molar refractivity (Wildman–Crippen MR) is 92.2 cm³/mol. The molecule has 0 bridgehead atoms. The number of hydrogen-bond donors (Lipinski definition) is 0. The second-order valence-corrected chi connectivity index (χ2v) is 11.8. The average molecular weight is 291 g/mol. The molecule has 0 atom stereocenters. The van der Waals surface area contributed by atoms with Crippen LogP contribution in [-0.2, 0) is 4.43 Å². The van der Waals surface area contributed by atoms with Gasteiger partial charge in [-0.3, -0.25) is 0 Å². The van der Waals surface area contributed by atoms with Crippen molar-refractivity contribution in [3.8, 4) is 0 Å². The Morgan fingerprint density at radius 1 is 0.900 bits per heavy atom. The minimum Gasteiger partial charge on any atom is -0.543 e. The molecule has 0 saturated heterocycles. The van der Waals surface area contributed by atoms with Gasteiger partial charge >= 0.3 is 0 Å². The van der Waals surface area contributed by atoms with E-state index >= 15 is 0 Å². The molecule has 1 aromatic rings. The van der Waals surface area contributed by atoms with Crippen LogP contribution in [0, 0.1) is 0 Å². The fourth-order valence-corrected chi connectivity index (χ4v) is 8.75. The van der Waals surface area contributed by atoms with Gasteiger partial charge in [0.25, 0.3) is 8.32 Å². The average Bonchev–Trinajstić information content (AvgIpc) is 2.39. The van der Waals surface area contributed by atoms with E-state index < -0.39 is 8.32 Å². The van der Waals surface area contributed by atoms with Crippen LogP contribution >= 0.6 is 0 Å². The van der Waals surface area contributed by atoms with Crippen LogP contribution in [0.2, 0.25) is 16.6 Å². The van der Waals surface area contributed by atoms with E-state index in [2.05, 4.69) is 84.9 Å². The van der Waals surface area contributed by atoms with Crippen molar-refractivity contribution in [2.24, 2.45) is 0 Å². The standard InChI is InChI=1S/C18H30OSi/c1-8-18(17-12-10-9-11-13-17)19-20(14(2)3,15(4)5)16(6)7/h8-16H,1-7H3/b18-8-. The fourth-order valence-electron chi connectivity index (χ4n) is 3.43. The highest BCUT2D eigenvalue weighted by atomic mass is 28.4. The van der Waals surface area contributed by atoms with Gasteiger partial charge in [0.2, 0.25) is 0 Å². The van der Waals surface area contributed by atoms with Crippen LogP contribution in [0.15, 0.2) is 36.4 Å². The Morgan fingerprint density at radius 2 is 1.35 bits per heavy atom. The minimum atomic E-state index is -1.86. The summed E-state index contributed by atoms with van der Waals surface area (Å²) >= 11 is 0. The second-order valence-electron chi connectivity index (χ2n) is 6.44. The monoisotopic (exact) mass is 290 g/mol. The zero-order chi connectivity index (χ0) is 15.3. The van der Waals surface area contributed by atoms with Gasteiger partial charge < -0.3 is 4.43 Å². The molecule has 0 radical (unpaired) electrons. The van der Waals surface area contributed by atoms with Crippen LogP contribution in [0.5, 0.6) is 0 Å². The third-order valence-corrected chi connectivity index (χ3v) is 10.3. The fraction of sp³-hybridized carbons (Fsp3) is 0.556. The summed E-state index contributed by atoms with van der Waals surface area (Å²) in [5.74, 6) is 1.05. The van der Waals surface area contributed by atoms with Crippen LogP contribution in [0.4, 0.5) is 0 Å². The molecule has 0 aliphatic carbocycles. The highest BCUT2D eigenvalue weighted by Gasteiger charge is 2.47. The summed E-state index contributed by atoms with van der Waals surface area (Å²) in [6.45, 7) is 16.0.